The molecule has 1 aliphatic heterocycles. The molecule has 23 heavy (non-hydrogen) atoms. The summed E-state index contributed by atoms with van der Waals surface area (Å²) in [5.41, 5.74) is 3.56. The number of H-pyrrole nitrogens is 1. The van der Waals surface area contributed by atoms with Crippen molar-refractivity contribution in [1.82, 2.24) is 24.7 Å². The smallest absolute Gasteiger partial charge is 0.143 e. The van der Waals surface area contributed by atoms with Crippen LogP contribution in [0.5, 0.6) is 0 Å². The van der Waals surface area contributed by atoms with Gasteiger partial charge in [0.25, 0.3) is 0 Å². The van der Waals surface area contributed by atoms with Gasteiger partial charge in [-0.3, -0.25) is 4.68 Å². The fraction of sp³-hybridized carbons (Fsp3) is 0.471. The van der Waals surface area contributed by atoms with E-state index >= 15 is 0 Å². The summed E-state index contributed by atoms with van der Waals surface area (Å²) in [7, 11) is 1.98. The Hall–Kier alpha value is -2.37. The minimum atomic E-state index is 0.520. The third-order valence-corrected chi connectivity index (χ3v) is 4.83. The van der Waals surface area contributed by atoms with Gasteiger partial charge in [-0.25, -0.2) is 9.97 Å². The quantitative estimate of drug-likeness (QED) is 0.808. The molecule has 1 fully saturated rings. The van der Waals surface area contributed by atoms with Crippen LogP contribution in [-0.2, 0) is 13.5 Å². The van der Waals surface area contributed by atoms with Gasteiger partial charge in [0.2, 0.25) is 0 Å². The Kier molecular flexibility index (Phi) is 3.52. The van der Waals surface area contributed by atoms with Crippen LogP contribution in [-0.4, -0.2) is 37.8 Å². The summed E-state index contributed by atoms with van der Waals surface area (Å²) in [4.78, 5) is 14.7. The second-order valence-electron chi connectivity index (χ2n) is 6.32. The highest BCUT2D eigenvalue weighted by molar-refractivity contribution is 5.90. The van der Waals surface area contributed by atoms with Crippen molar-refractivity contribution in [2.24, 2.45) is 7.05 Å². The molecule has 1 saturated heterocycles. The molecule has 1 unspecified atom stereocenters. The van der Waals surface area contributed by atoms with Crippen molar-refractivity contribution in [3.8, 4) is 0 Å². The summed E-state index contributed by atoms with van der Waals surface area (Å²) >= 11 is 0. The third kappa shape index (κ3) is 2.48. The van der Waals surface area contributed by atoms with Crippen molar-refractivity contribution in [3.63, 3.8) is 0 Å². The van der Waals surface area contributed by atoms with Crippen LogP contribution in [0.2, 0.25) is 0 Å². The molecule has 4 heterocycles. The lowest BCUT2D eigenvalue weighted by Crippen LogP contribution is -2.35. The summed E-state index contributed by atoms with van der Waals surface area (Å²) < 4.78 is 1.89. The molecule has 3 aromatic rings. The van der Waals surface area contributed by atoms with E-state index in [1.807, 2.05) is 17.9 Å². The number of fused-ring (bicyclic) bond motifs is 1. The fourth-order valence-corrected chi connectivity index (χ4v) is 3.62. The third-order valence-electron chi connectivity index (χ3n) is 4.83. The topological polar surface area (TPSA) is 62.6 Å². The normalized spacial score (nSPS) is 18.7. The first kappa shape index (κ1) is 14.2. The predicted octanol–water partition coefficient (Wildman–Crippen LogP) is 2.64. The highest BCUT2D eigenvalue weighted by Crippen LogP contribution is 2.33. The second kappa shape index (κ2) is 5.68. The van der Waals surface area contributed by atoms with Gasteiger partial charge >= 0.3 is 0 Å². The number of hydrogen-bond acceptors (Lipinski definition) is 4. The first-order valence-electron chi connectivity index (χ1n) is 8.30. The zero-order valence-electron chi connectivity index (χ0n) is 13.7. The molecule has 6 nitrogen and oxygen atoms in total. The molecular weight excluding hydrogens is 288 g/mol. The number of piperidine rings is 1. The molecule has 120 valence electrons. The van der Waals surface area contributed by atoms with Crippen molar-refractivity contribution in [3.05, 3.63) is 36.0 Å². The largest absolute Gasteiger partial charge is 0.355 e. The van der Waals surface area contributed by atoms with Crippen molar-refractivity contribution in [1.29, 1.82) is 0 Å². The number of nitrogens with one attached hydrogen (secondary N) is 1. The number of aromatic nitrogens is 5. The van der Waals surface area contributed by atoms with Crippen LogP contribution in [0.1, 0.15) is 36.8 Å². The molecule has 1 N–H and O–H groups in total. The van der Waals surface area contributed by atoms with E-state index in [0.717, 1.165) is 31.0 Å². The Labute approximate surface area is 135 Å². The Morgan fingerprint density at radius 3 is 3.04 bits per heavy atom. The average molecular weight is 310 g/mol. The van der Waals surface area contributed by atoms with E-state index in [1.54, 1.807) is 6.33 Å². The van der Waals surface area contributed by atoms with Gasteiger partial charge in [-0.2, -0.15) is 5.10 Å². The minimum Gasteiger partial charge on any atom is -0.355 e. The van der Waals surface area contributed by atoms with Crippen molar-refractivity contribution < 1.29 is 0 Å². The SMILES string of the molecule is CCc1c[nH]c2ncnc(N3CCCC(c4cnn(C)c4)C3)c12. The maximum Gasteiger partial charge on any atom is 0.143 e. The Bertz CT molecular complexity index is 817. The molecule has 6 heteroatoms. The first-order valence-corrected chi connectivity index (χ1v) is 8.30. The van der Waals surface area contributed by atoms with E-state index in [9.17, 15) is 0 Å². The van der Waals surface area contributed by atoms with Crippen LogP contribution < -0.4 is 4.90 Å². The van der Waals surface area contributed by atoms with Gasteiger partial charge in [-0.15, -0.1) is 0 Å². The molecule has 4 rings (SSSR count). The fourth-order valence-electron chi connectivity index (χ4n) is 3.62. The summed E-state index contributed by atoms with van der Waals surface area (Å²) in [5, 5.41) is 5.51. The molecule has 1 aliphatic rings. The van der Waals surface area contributed by atoms with Crippen LogP contribution in [0.15, 0.2) is 24.9 Å². The number of hydrogen-bond donors (Lipinski definition) is 1. The Balaban J connectivity index is 1.69. The number of aryl methyl sites for hydroxylation is 2. The molecule has 0 spiro atoms. The van der Waals surface area contributed by atoms with E-state index in [2.05, 4.69) is 44.3 Å². The monoisotopic (exact) mass is 310 g/mol. The number of aromatic amines is 1. The highest BCUT2D eigenvalue weighted by Gasteiger charge is 2.25. The summed E-state index contributed by atoms with van der Waals surface area (Å²) in [5.74, 6) is 1.59. The molecule has 0 bridgehead atoms. The number of rotatable bonds is 3. The molecule has 0 saturated carbocycles. The lowest BCUT2D eigenvalue weighted by atomic mass is 9.92. The number of anilines is 1. The van der Waals surface area contributed by atoms with Gasteiger partial charge < -0.3 is 9.88 Å². The van der Waals surface area contributed by atoms with E-state index in [4.69, 9.17) is 0 Å². The molecular formula is C17H22N6. The van der Waals surface area contributed by atoms with Crippen LogP contribution in [0.3, 0.4) is 0 Å². The Morgan fingerprint density at radius 1 is 1.35 bits per heavy atom. The van der Waals surface area contributed by atoms with Gasteiger partial charge in [0.05, 0.1) is 11.6 Å². The minimum absolute atomic E-state index is 0.520. The van der Waals surface area contributed by atoms with Gasteiger partial charge in [0.1, 0.15) is 17.8 Å². The predicted molar refractivity (Wildman–Crippen MR) is 90.7 cm³/mol. The van der Waals surface area contributed by atoms with Gasteiger partial charge in [-0.1, -0.05) is 6.92 Å². The lowest BCUT2D eigenvalue weighted by Gasteiger charge is -2.33. The molecule has 0 radical (unpaired) electrons. The molecule has 0 aromatic carbocycles. The maximum atomic E-state index is 4.62. The zero-order valence-corrected chi connectivity index (χ0v) is 13.7. The van der Waals surface area contributed by atoms with Crippen molar-refractivity contribution in [2.75, 3.05) is 18.0 Å². The molecule has 0 amide bonds. The summed E-state index contributed by atoms with van der Waals surface area (Å²) in [6.07, 6.45) is 11.2. The van der Waals surface area contributed by atoms with Crippen molar-refractivity contribution in [2.45, 2.75) is 32.1 Å². The van der Waals surface area contributed by atoms with Crippen LogP contribution >= 0.6 is 0 Å². The second-order valence-corrected chi connectivity index (χ2v) is 6.32. The van der Waals surface area contributed by atoms with Gasteiger partial charge in [0, 0.05) is 38.4 Å². The van der Waals surface area contributed by atoms with E-state index in [1.165, 1.54) is 29.4 Å². The first-order chi connectivity index (χ1) is 11.3. The molecule has 0 aliphatic carbocycles. The van der Waals surface area contributed by atoms with E-state index in [-0.39, 0.29) is 0 Å². The van der Waals surface area contributed by atoms with E-state index in [0.29, 0.717) is 5.92 Å². The standard InChI is InChI=1S/C17H22N6/c1-3-12-7-18-16-15(12)17(20-11-19-16)23-6-4-5-13(10-23)14-8-21-22(2)9-14/h7-9,11,13H,3-6,10H2,1-2H3,(H,18,19,20). The zero-order chi connectivity index (χ0) is 15.8. The van der Waals surface area contributed by atoms with Crippen LogP contribution in [0.4, 0.5) is 5.82 Å². The highest BCUT2D eigenvalue weighted by atomic mass is 15.2. The lowest BCUT2D eigenvalue weighted by molar-refractivity contribution is 0.507. The molecule has 1 atom stereocenters. The van der Waals surface area contributed by atoms with Gasteiger partial charge in [-0.05, 0) is 30.4 Å². The van der Waals surface area contributed by atoms with Gasteiger partial charge in [0.15, 0.2) is 0 Å². The summed E-state index contributed by atoms with van der Waals surface area (Å²) in [6, 6.07) is 0. The van der Waals surface area contributed by atoms with Crippen molar-refractivity contribution >= 4 is 16.9 Å². The maximum absolute atomic E-state index is 4.62. The summed E-state index contributed by atoms with van der Waals surface area (Å²) in [6.45, 7) is 4.22. The average Bonchev–Trinajstić information content (AvgIpc) is 3.20. The number of nitrogens with zero attached hydrogens (tertiary/aromatic N) is 5. The Morgan fingerprint density at radius 2 is 2.26 bits per heavy atom. The molecule has 3 aromatic heterocycles. The van der Waals surface area contributed by atoms with Crippen LogP contribution in [0.25, 0.3) is 11.0 Å². The van der Waals surface area contributed by atoms with Crippen LogP contribution in [0, 0.1) is 0 Å². The van der Waals surface area contributed by atoms with E-state index < -0.39 is 0 Å².